The Hall–Kier alpha value is -0.570. The molecule has 0 aromatic carbocycles. The summed E-state index contributed by atoms with van der Waals surface area (Å²) in [4.78, 5) is 14.2. The van der Waals surface area contributed by atoms with Crippen LogP contribution in [-0.4, -0.2) is 29.9 Å². The average molecular weight is 240 g/mol. The minimum atomic E-state index is -0.0476. The van der Waals surface area contributed by atoms with Crippen LogP contribution in [0.2, 0.25) is 0 Å². The van der Waals surface area contributed by atoms with Crippen LogP contribution in [0.25, 0.3) is 0 Å². The summed E-state index contributed by atoms with van der Waals surface area (Å²) in [5, 5.41) is 0. The van der Waals surface area contributed by atoms with Crippen molar-refractivity contribution < 1.29 is 4.79 Å². The summed E-state index contributed by atoms with van der Waals surface area (Å²) < 4.78 is 0. The van der Waals surface area contributed by atoms with Gasteiger partial charge in [0, 0.05) is 25.6 Å². The maximum absolute atomic E-state index is 12.2. The van der Waals surface area contributed by atoms with Crippen LogP contribution >= 0.6 is 0 Å². The topological polar surface area (TPSA) is 46.3 Å². The number of rotatable bonds is 6. The van der Waals surface area contributed by atoms with Crippen molar-refractivity contribution in [1.29, 1.82) is 0 Å². The largest absolute Gasteiger partial charge is 0.342 e. The highest BCUT2D eigenvalue weighted by molar-refractivity contribution is 5.77. The quantitative estimate of drug-likeness (QED) is 0.775. The molecule has 3 nitrogen and oxygen atoms in total. The molecule has 1 rings (SSSR count). The molecule has 0 saturated heterocycles. The number of nitrogens with zero attached hydrogens (tertiary/aromatic N) is 1. The molecule has 0 aromatic heterocycles. The highest BCUT2D eigenvalue weighted by Crippen LogP contribution is 2.30. The minimum Gasteiger partial charge on any atom is -0.342 e. The van der Waals surface area contributed by atoms with Gasteiger partial charge in [0.15, 0.2) is 0 Å². The molecule has 1 unspecified atom stereocenters. The van der Waals surface area contributed by atoms with Crippen LogP contribution in [0.4, 0.5) is 0 Å². The Morgan fingerprint density at radius 3 is 2.41 bits per heavy atom. The first-order chi connectivity index (χ1) is 7.84. The lowest BCUT2D eigenvalue weighted by atomic mass is 9.85. The van der Waals surface area contributed by atoms with Gasteiger partial charge in [-0.1, -0.05) is 27.7 Å². The lowest BCUT2D eigenvalue weighted by Gasteiger charge is -2.29. The first-order valence-corrected chi connectivity index (χ1v) is 6.88. The van der Waals surface area contributed by atoms with Crippen molar-refractivity contribution in [3.8, 4) is 0 Å². The van der Waals surface area contributed by atoms with E-state index in [9.17, 15) is 4.79 Å². The van der Waals surface area contributed by atoms with Crippen molar-refractivity contribution in [2.45, 2.75) is 59.4 Å². The van der Waals surface area contributed by atoms with Gasteiger partial charge < -0.3 is 10.6 Å². The van der Waals surface area contributed by atoms with E-state index in [4.69, 9.17) is 5.73 Å². The second-order valence-corrected chi connectivity index (χ2v) is 6.46. The number of hydrogen-bond donors (Lipinski definition) is 1. The van der Waals surface area contributed by atoms with Gasteiger partial charge in [-0.25, -0.2) is 0 Å². The third kappa shape index (κ3) is 5.07. The van der Waals surface area contributed by atoms with Crippen LogP contribution in [0.1, 0.15) is 53.4 Å². The van der Waals surface area contributed by atoms with Gasteiger partial charge >= 0.3 is 0 Å². The van der Waals surface area contributed by atoms with E-state index in [0.717, 1.165) is 25.4 Å². The Bertz CT molecular complexity index is 253. The average Bonchev–Trinajstić information content (AvgIpc) is 2.99. The fourth-order valence-corrected chi connectivity index (χ4v) is 1.82. The monoisotopic (exact) mass is 240 g/mol. The molecular weight excluding hydrogens is 212 g/mol. The molecule has 0 aromatic rings. The van der Waals surface area contributed by atoms with Gasteiger partial charge in [0.25, 0.3) is 0 Å². The van der Waals surface area contributed by atoms with E-state index < -0.39 is 0 Å². The first kappa shape index (κ1) is 14.5. The van der Waals surface area contributed by atoms with E-state index in [1.54, 1.807) is 0 Å². The Morgan fingerprint density at radius 2 is 2.00 bits per heavy atom. The molecule has 1 fully saturated rings. The summed E-state index contributed by atoms with van der Waals surface area (Å²) in [6.07, 6.45) is 4.09. The highest BCUT2D eigenvalue weighted by atomic mass is 16.2. The van der Waals surface area contributed by atoms with Crippen LogP contribution < -0.4 is 5.73 Å². The molecule has 0 radical (unpaired) electrons. The smallest absolute Gasteiger partial charge is 0.224 e. The maximum Gasteiger partial charge on any atom is 0.224 e. The molecule has 1 saturated carbocycles. The molecule has 1 aliphatic carbocycles. The summed E-state index contributed by atoms with van der Waals surface area (Å²) in [7, 11) is 0. The van der Waals surface area contributed by atoms with E-state index in [0.29, 0.717) is 6.42 Å². The van der Waals surface area contributed by atoms with Gasteiger partial charge in [0.1, 0.15) is 0 Å². The van der Waals surface area contributed by atoms with Gasteiger partial charge in [-0.2, -0.15) is 0 Å². The van der Waals surface area contributed by atoms with Gasteiger partial charge in [-0.05, 0) is 30.6 Å². The van der Waals surface area contributed by atoms with Crippen molar-refractivity contribution in [2.75, 3.05) is 13.1 Å². The zero-order valence-electron chi connectivity index (χ0n) is 11.8. The summed E-state index contributed by atoms with van der Waals surface area (Å²) in [5.74, 6) is 0.998. The van der Waals surface area contributed by atoms with E-state index >= 15 is 0 Å². The molecule has 1 aliphatic rings. The Morgan fingerprint density at radius 1 is 1.41 bits per heavy atom. The molecule has 17 heavy (non-hydrogen) atoms. The second kappa shape index (κ2) is 5.85. The van der Waals surface area contributed by atoms with Gasteiger partial charge in [0.2, 0.25) is 5.91 Å². The molecule has 0 aliphatic heterocycles. The number of carbonyl (C=O) groups is 1. The standard InChI is InChI=1S/C14H28N2O/c1-5-8-16(10-11-6-7-11)13(17)9-12(15)14(2,3)4/h11-12H,5-10,15H2,1-4H3. The van der Waals surface area contributed by atoms with Crippen molar-refractivity contribution in [1.82, 2.24) is 4.90 Å². The molecular formula is C14H28N2O. The predicted octanol–water partition coefficient (Wildman–Crippen LogP) is 2.40. The zero-order valence-corrected chi connectivity index (χ0v) is 11.8. The zero-order chi connectivity index (χ0) is 13.1. The van der Waals surface area contributed by atoms with Crippen molar-refractivity contribution >= 4 is 5.91 Å². The fraction of sp³-hybridized carbons (Fsp3) is 0.929. The lowest BCUT2D eigenvalue weighted by Crippen LogP contribution is -2.42. The van der Waals surface area contributed by atoms with Crippen molar-refractivity contribution in [3.05, 3.63) is 0 Å². The van der Waals surface area contributed by atoms with E-state index in [1.807, 2.05) is 4.90 Å². The summed E-state index contributed by atoms with van der Waals surface area (Å²) in [6.45, 7) is 10.2. The summed E-state index contributed by atoms with van der Waals surface area (Å²) in [6, 6.07) is -0.0476. The number of amides is 1. The SMILES string of the molecule is CCCN(CC1CC1)C(=O)CC(N)C(C)(C)C. The molecule has 1 amide bonds. The molecule has 0 bridgehead atoms. The number of carbonyl (C=O) groups excluding carboxylic acids is 1. The van der Waals surface area contributed by atoms with Gasteiger partial charge in [0.05, 0.1) is 0 Å². The minimum absolute atomic E-state index is 0.00707. The van der Waals surface area contributed by atoms with Gasteiger partial charge in [-0.3, -0.25) is 4.79 Å². The molecule has 3 heteroatoms. The third-order valence-corrected chi connectivity index (χ3v) is 3.53. The van der Waals surface area contributed by atoms with E-state index in [1.165, 1.54) is 12.8 Å². The van der Waals surface area contributed by atoms with Crippen LogP contribution in [-0.2, 0) is 4.79 Å². The van der Waals surface area contributed by atoms with Gasteiger partial charge in [-0.15, -0.1) is 0 Å². The van der Waals surface area contributed by atoms with Crippen LogP contribution in [0.15, 0.2) is 0 Å². The highest BCUT2D eigenvalue weighted by Gasteiger charge is 2.29. The van der Waals surface area contributed by atoms with Crippen LogP contribution in [0.3, 0.4) is 0 Å². The lowest BCUT2D eigenvalue weighted by molar-refractivity contribution is -0.132. The molecule has 1 atom stereocenters. The Labute approximate surface area is 106 Å². The number of nitrogens with two attached hydrogens (primary N) is 1. The molecule has 2 N–H and O–H groups in total. The molecule has 0 heterocycles. The van der Waals surface area contributed by atoms with Crippen molar-refractivity contribution in [2.24, 2.45) is 17.1 Å². The maximum atomic E-state index is 12.2. The van der Waals surface area contributed by atoms with E-state index in [2.05, 4.69) is 27.7 Å². The molecule has 0 spiro atoms. The third-order valence-electron chi connectivity index (χ3n) is 3.53. The predicted molar refractivity (Wildman–Crippen MR) is 71.6 cm³/mol. The fourth-order valence-electron chi connectivity index (χ4n) is 1.82. The summed E-state index contributed by atoms with van der Waals surface area (Å²) in [5.41, 5.74) is 6.09. The number of hydrogen-bond acceptors (Lipinski definition) is 2. The van der Waals surface area contributed by atoms with Crippen LogP contribution in [0, 0.1) is 11.3 Å². The normalized spacial score (nSPS) is 17.9. The van der Waals surface area contributed by atoms with Crippen molar-refractivity contribution in [3.63, 3.8) is 0 Å². The summed E-state index contributed by atoms with van der Waals surface area (Å²) >= 11 is 0. The first-order valence-electron chi connectivity index (χ1n) is 6.88. The Kier molecular flexibility index (Phi) is 4.99. The van der Waals surface area contributed by atoms with E-state index in [-0.39, 0.29) is 17.4 Å². The second-order valence-electron chi connectivity index (χ2n) is 6.46. The molecule has 100 valence electrons. The van der Waals surface area contributed by atoms with Crippen LogP contribution in [0.5, 0.6) is 0 Å². The Balaban J connectivity index is 2.45.